The maximum absolute atomic E-state index is 13.6. The van der Waals surface area contributed by atoms with Crippen LogP contribution in [0.3, 0.4) is 0 Å². The van der Waals surface area contributed by atoms with Gasteiger partial charge in [-0.2, -0.15) is 22.0 Å². The Balaban J connectivity index is 2.05. The summed E-state index contributed by atoms with van der Waals surface area (Å²) in [5.41, 5.74) is 2.12. The van der Waals surface area contributed by atoms with Gasteiger partial charge in [-0.3, -0.25) is 4.99 Å². The SMILES string of the molecule is CN=C(c1ccc2c(c1)Cc1ccccc1-2)C(F)(F)C(F)(F)F. The molecule has 0 amide bonds. The number of benzene rings is 2. The molecule has 0 atom stereocenters. The minimum Gasteiger partial charge on any atom is -0.286 e. The van der Waals surface area contributed by atoms with Crippen molar-refractivity contribution in [2.45, 2.75) is 18.5 Å². The summed E-state index contributed by atoms with van der Waals surface area (Å²) in [5.74, 6) is -4.98. The lowest BCUT2D eigenvalue weighted by Crippen LogP contribution is -2.44. The number of aliphatic imine (C=N–C) groups is 1. The molecule has 0 spiro atoms. The van der Waals surface area contributed by atoms with Gasteiger partial charge in [0.1, 0.15) is 5.71 Å². The monoisotopic (exact) mass is 325 g/mol. The zero-order chi connectivity index (χ0) is 16.8. The first-order valence-corrected chi connectivity index (χ1v) is 6.89. The first-order valence-electron chi connectivity index (χ1n) is 6.89. The van der Waals surface area contributed by atoms with E-state index in [1.165, 1.54) is 12.1 Å². The Morgan fingerprint density at radius 3 is 2.22 bits per heavy atom. The molecular weight excluding hydrogens is 313 g/mol. The van der Waals surface area contributed by atoms with Crippen molar-refractivity contribution in [3.63, 3.8) is 0 Å². The molecule has 0 heterocycles. The summed E-state index contributed by atoms with van der Waals surface area (Å²) in [6.45, 7) is 0. The van der Waals surface area contributed by atoms with Crippen LogP contribution in [0.25, 0.3) is 11.1 Å². The highest BCUT2D eigenvalue weighted by Gasteiger charge is 2.61. The number of hydrogen-bond donors (Lipinski definition) is 0. The minimum absolute atomic E-state index is 0.207. The second kappa shape index (κ2) is 5.15. The molecule has 1 nitrogen and oxygen atoms in total. The zero-order valence-corrected chi connectivity index (χ0v) is 12.1. The van der Waals surface area contributed by atoms with Crippen molar-refractivity contribution in [2.75, 3.05) is 7.05 Å². The summed E-state index contributed by atoms with van der Waals surface area (Å²) in [5, 5.41) is 0. The topological polar surface area (TPSA) is 12.4 Å². The van der Waals surface area contributed by atoms with Crippen molar-refractivity contribution >= 4 is 5.71 Å². The highest BCUT2D eigenvalue weighted by Crippen LogP contribution is 2.41. The molecule has 0 bridgehead atoms. The quantitative estimate of drug-likeness (QED) is 0.471. The Labute approximate surface area is 129 Å². The maximum atomic E-state index is 13.6. The van der Waals surface area contributed by atoms with E-state index in [2.05, 4.69) is 4.99 Å². The van der Waals surface area contributed by atoms with Crippen molar-refractivity contribution in [3.8, 4) is 11.1 Å². The molecule has 0 saturated heterocycles. The van der Waals surface area contributed by atoms with E-state index in [1.807, 2.05) is 24.3 Å². The van der Waals surface area contributed by atoms with Crippen molar-refractivity contribution in [1.29, 1.82) is 0 Å². The van der Waals surface area contributed by atoms with E-state index in [-0.39, 0.29) is 5.56 Å². The number of halogens is 5. The number of hydrogen-bond acceptors (Lipinski definition) is 1. The minimum atomic E-state index is -5.68. The van der Waals surface area contributed by atoms with Crippen molar-refractivity contribution in [2.24, 2.45) is 4.99 Å². The molecule has 120 valence electrons. The average molecular weight is 325 g/mol. The third kappa shape index (κ3) is 2.42. The van der Waals surface area contributed by atoms with Crippen LogP contribution in [0.15, 0.2) is 47.5 Å². The van der Waals surface area contributed by atoms with Gasteiger partial charge in [0, 0.05) is 12.6 Å². The number of fused-ring (bicyclic) bond motifs is 3. The Morgan fingerprint density at radius 1 is 0.913 bits per heavy atom. The average Bonchev–Trinajstić information content (AvgIpc) is 2.84. The molecule has 0 saturated carbocycles. The molecule has 0 N–H and O–H groups in total. The van der Waals surface area contributed by atoms with Gasteiger partial charge in [-0.25, -0.2) is 0 Å². The Bertz CT molecular complexity index is 790. The van der Waals surface area contributed by atoms with Crippen LogP contribution in [-0.4, -0.2) is 24.9 Å². The summed E-state index contributed by atoms with van der Waals surface area (Å²) in [7, 11) is 0.941. The summed E-state index contributed by atoms with van der Waals surface area (Å²) in [4.78, 5) is 3.22. The normalized spacial score (nSPS) is 14.6. The van der Waals surface area contributed by atoms with Crippen LogP contribution in [0.1, 0.15) is 16.7 Å². The molecular formula is C17H12F5N. The van der Waals surface area contributed by atoms with Gasteiger partial charge in [-0.1, -0.05) is 36.4 Å². The molecule has 0 fully saturated rings. The third-order valence-electron chi connectivity index (χ3n) is 3.94. The van der Waals surface area contributed by atoms with Gasteiger partial charge in [0.15, 0.2) is 0 Å². The van der Waals surface area contributed by atoms with Crippen molar-refractivity contribution in [1.82, 2.24) is 0 Å². The molecule has 0 unspecified atom stereocenters. The Hall–Kier alpha value is -2.24. The molecule has 3 rings (SSSR count). The van der Waals surface area contributed by atoms with Gasteiger partial charge in [0.25, 0.3) is 0 Å². The standard InChI is InChI=1S/C17H12F5N/c1-23-15(16(18,19)17(20,21)22)11-6-7-14-12(9-11)8-10-4-2-3-5-13(10)14/h2-7,9H,8H2,1H3. The Kier molecular flexibility index (Phi) is 3.50. The predicted molar refractivity (Wildman–Crippen MR) is 78.1 cm³/mol. The lowest BCUT2D eigenvalue weighted by molar-refractivity contribution is -0.248. The summed E-state index contributed by atoms with van der Waals surface area (Å²) >= 11 is 0. The van der Waals surface area contributed by atoms with E-state index in [4.69, 9.17) is 0 Å². The summed E-state index contributed by atoms with van der Waals surface area (Å²) < 4.78 is 65.1. The van der Waals surface area contributed by atoms with Gasteiger partial charge in [-0.15, -0.1) is 0 Å². The highest BCUT2D eigenvalue weighted by atomic mass is 19.4. The summed E-state index contributed by atoms with van der Waals surface area (Å²) in [6, 6.07) is 11.8. The van der Waals surface area contributed by atoms with E-state index in [9.17, 15) is 22.0 Å². The number of alkyl halides is 5. The molecule has 0 radical (unpaired) electrons. The molecule has 2 aromatic carbocycles. The number of rotatable bonds is 2. The highest BCUT2D eigenvalue weighted by molar-refractivity contribution is 6.06. The lowest BCUT2D eigenvalue weighted by atomic mass is 9.98. The van der Waals surface area contributed by atoms with E-state index in [1.54, 1.807) is 6.07 Å². The van der Waals surface area contributed by atoms with Gasteiger partial charge in [-0.05, 0) is 34.7 Å². The fourth-order valence-corrected chi connectivity index (χ4v) is 2.88. The second-order valence-corrected chi connectivity index (χ2v) is 5.35. The molecule has 23 heavy (non-hydrogen) atoms. The van der Waals surface area contributed by atoms with Crippen LogP contribution >= 0.6 is 0 Å². The number of nitrogens with zero attached hydrogens (tertiary/aromatic N) is 1. The van der Waals surface area contributed by atoms with Crippen LogP contribution in [0.2, 0.25) is 0 Å². The smallest absolute Gasteiger partial charge is 0.286 e. The van der Waals surface area contributed by atoms with E-state index < -0.39 is 17.8 Å². The van der Waals surface area contributed by atoms with Crippen LogP contribution in [0.5, 0.6) is 0 Å². The molecule has 2 aromatic rings. The van der Waals surface area contributed by atoms with Gasteiger partial charge in [0.05, 0.1) is 0 Å². The van der Waals surface area contributed by atoms with Crippen molar-refractivity contribution in [3.05, 3.63) is 59.2 Å². The largest absolute Gasteiger partial charge is 0.459 e. The van der Waals surface area contributed by atoms with Gasteiger partial charge < -0.3 is 0 Å². The zero-order valence-electron chi connectivity index (χ0n) is 12.1. The molecule has 0 aromatic heterocycles. The Morgan fingerprint density at radius 2 is 1.57 bits per heavy atom. The van der Waals surface area contributed by atoms with E-state index >= 15 is 0 Å². The predicted octanol–water partition coefficient (Wildman–Crippen LogP) is 4.87. The molecule has 6 heteroatoms. The third-order valence-corrected chi connectivity index (χ3v) is 3.94. The second-order valence-electron chi connectivity index (χ2n) is 5.35. The van der Waals surface area contributed by atoms with Crippen LogP contribution in [0, 0.1) is 0 Å². The molecule has 0 aliphatic heterocycles. The van der Waals surface area contributed by atoms with Crippen LogP contribution in [-0.2, 0) is 6.42 Å². The first kappa shape index (κ1) is 15.6. The maximum Gasteiger partial charge on any atom is 0.459 e. The van der Waals surface area contributed by atoms with Crippen LogP contribution in [0.4, 0.5) is 22.0 Å². The lowest BCUT2D eigenvalue weighted by Gasteiger charge is -2.21. The van der Waals surface area contributed by atoms with E-state index in [0.717, 1.165) is 29.3 Å². The van der Waals surface area contributed by atoms with Gasteiger partial charge >= 0.3 is 12.1 Å². The van der Waals surface area contributed by atoms with Gasteiger partial charge in [0.2, 0.25) is 0 Å². The van der Waals surface area contributed by atoms with E-state index in [0.29, 0.717) is 6.42 Å². The van der Waals surface area contributed by atoms with Crippen LogP contribution < -0.4 is 0 Å². The fourth-order valence-electron chi connectivity index (χ4n) is 2.88. The molecule has 1 aliphatic rings. The summed E-state index contributed by atoms with van der Waals surface area (Å²) in [6.07, 6.45) is -5.17. The van der Waals surface area contributed by atoms with Crippen molar-refractivity contribution < 1.29 is 22.0 Å². The first-order chi connectivity index (χ1) is 10.8. The molecule has 1 aliphatic carbocycles. The fraction of sp³-hybridized carbons (Fsp3) is 0.235.